The summed E-state index contributed by atoms with van der Waals surface area (Å²) >= 11 is 0. The van der Waals surface area contributed by atoms with Gasteiger partial charge in [-0.05, 0) is 56.0 Å². The first-order valence-corrected chi connectivity index (χ1v) is 12.1. The van der Waals surface area contributed by atoms with Gasteiger partial charge >= 0.3 is 0 Å². The van der Waals surface area contributed by atoms with E-state index in [4.69, 9.17) is 0 Å². The number of carbonyl (C=O) groups excluding carboxylic acids is 1. The van der Waals surface area contributed by atoms with Crippen LogP contribution in [0.4, 0.5) is 5.69 Å². The van der Waals surface area contributed by atoms with Gasteiger partial charge < -0.3 is 10.2 Å². The first kappa shape index (κ1) is 22.5. The van der Waals surface area contributed by atoms with Gasteiger partial charge in [-0.2, -0.15) is 4.31 Å². The fourth-order valence-electron chi connectivity index (χ4n) is 3.63. The highest BCUT2D eigenvalue weighted by Crippen LogP contribution is 2.22. The van der Waals surface area contributed by atoms with E-state index in [0.717, 1.165) is 30.7 Å². The third kappa shape index (κ3) is 5.28. The molecule has 0 spiro atoms. The summed E-state index contributed by atoms with van der Waals surface area (Å²) in [5.41, 5.74) is 3.10. The molecule has 3 rings (SSSR count). The number of carbonyl (C=O) groups is 1. The molecule has 1 unspecified atom stereocenters. The molecule has 0 radical (unpaired) electrons. The van der Waals surface area contributed by atoms with Gasteiger partial charge in [-0.3, -0.25) is 4.79 Å². The molecule has 1 heterocycles. The Kier molecular flexibility index (Phi) is 7.28. The van der Waals surface area contributed by atoms with Crippen LogP contribution in [0.2, 0.25) is 0 Å². The summed E-state index contributed by atoms with van der Waals surface area (Å²) in [6.07, 6.45) is 2.83. The maximum atomic E-state index is 12.7. The van der Waals surface area contributed by atoms with Crippen molar-refractivity contribution in [3.8, 4) is 0 Å². The molecule has 0 saturated carbocycles. The first-order chi connectivity index (χ1) is 14.3. The van der Waals surface area contributed by atoms with E-state index in [1.165, 1.54) is 15.4 Å². The number of nitrogens with one attached hydrogen (secondary N) is 2. The number of aryl methyl sites for hydroxylation is 1. The molecular weight excluding hydrogens is 398 g/mol. The van der Waals surface area contributed by atoms with Gasteiger partial charge in [0.25, 0.3) is 5.91 Å². The van der Waals surface area contributed by atoms with Crippen LogP contribution in [0.25, 0.3) is 0 Å². The number of hydrogen-bond donors (Lipinski definition) is 2. The van der Waals surface area contributed by atoms with E-state index in [9.17, 15) is 13.2 Å². The zero-order valence-electron chi connectivity index (χ0n) is 18.0. The Morgan fingerprint density at radius 2 is 1.60 bits per heavy atom. The number of quaternary nitrogens is 1. The molecule has 2 aromatic carbocycles. The lowest BCUT2D eigenvalue weighted by molar-refractivity contribution is -0.907. The van der Waals surface area contributed by atoms with E-state index in [1.807, 2.05) is 14.0 Å². The van der Waals surface area contributed by atoms with Gasteiger partial charge in [-0.1, -0.05) is 31.2 Å². The predicted octanol–water partition coefficient (Wildman–Crippen LogP) is 2.08. The second-order valence-electron chi connectivity index (χ2n) is 8.04. The van der Waals surface area contributed by atoms with Gasteiger partial charge in [-0.15, -0.1) is 0 Å². The van der Waals surface area contributed by atoms with Crippen LogP contribution in [0.3, 0.4) is 0 Å². The number of amides is 1. The zero-order chi connectivity index (χ0) is 21.7. The SMILES string of the molecule is CCc1ccc(C[NH+](C)[C@H](C)C(=O)Nc2ccc(S(=O)(=O)N3CCCC3)cc2)cc1. The number of sulfonamides is 1. The van der Waals surface area contributed by atoms with Crippen molar-refractivity contribution >= 4 is 21.6 Å². The molecule has 1 saturated heterocycles. The number of benzene rings is 2. The molecule has 162 valence electrons. The maximum absolute atomic E-state index is 12.7. The van der Waals surface area contributed by atoms with Crippen LogP contribution in [0, 0.1) is 0 Å². The standard InChI is InChI=1S/C23H31N3O3S/c1-4-19-7-9-20(10-8-19)17-25(3)18(2)23(27)24-21-11-13-22(14-12-21)30(28,29)26-15-5-6-16-26/h7-14,18H,4-6,15-17H2,1-3H3,(H,24,27)/p+1/t18-/m1/s1. The Hall–Kier alpha value is -2.22. The molecule has 2 N–H and O–H groups in total. The molecule has 0 aromatic heterocycles. The Labute approximate surface area is 179 Å². The van der Waals surface area contributed by atoms with Crippen LogP contribution < -0.4 is 10.2 Å². The molecule has 1 aliphatic rings. The molecule has 2 aromatic rings. The lowest BCUT2D eigenvalue weighted by Crippen LogP contribution is -3.12. The molecule has 30 heavy (non-hydrogen) atoms. The summed E-state index contributed by atoms with van der Waals surface area (Å²) in [7, 11) is -1.43. The molecule has 0 aliphatic carbocycles. The topological polar surface area (TPSA) is 70.9 Å². The smallest absolute Gasteiger partial charge is 0.282 e. The number of nitrogens with zero attached hydrogens (tertiary/aromatic N) is 1. The molecule has 7 heteroatoms. The molecule has 2 atom stereocenters. The number of hydrogen-bond acceptors (Lipinski definition) is 3. The molecular formula is C23H32N3O3S+. The Balaban J connectivity index is 1.59. The van der Waals surface area contributed by atoms with Crippen LogP contribution in [0.1, 0.15) is 37.8 Å². The molecule has 1 amide bonds. The lowest BCUT2D eigenvalue weighted by atomic mass is 10.1. The van der Waals surface area contributed by atoms with Crippen molar-refractivity contribution in [2.24, 2.45) is 0 Å². The van der Waals surface area contributed by atoms with Gasteiger partial charge in [0.15, 0.2) is 6.04 Å². The first-order valence-electron chi connectivity index (χ1n) is 10.6. The van der Waals surface area contributed by atoms with Crippen molar-refractivity contribution in [3.05, 3.63) is 59.7 Å². The fraction of sp³-hybridized carbons (Fsp3) is 0.435. The molecule has 0 bridgehead atoms. The second kappa shape index (κ2) is 9.73. The third-order valence-corrected chi connectivity index (χ3v) is 7.78. The van der Waals surface area contributed by atoms with Gasteiger partial charge in [0, 0.05) is 24.3 Å². The normalized spacial score (nSPS) is 16.9. The van der Waals surface area contributed by atoms with Gasteiger partial charge in [-0.25, -0.2) is 8.42 Å². The van der Waals surface area contributed by atoms with Crippen molar-refractivity contribution in [2.75, 3.05) is 25.5 Å². The summed E-state index contributed by atoms with van der Waals surface area (Å²) in [6, 6.07) is 14.7. The summed E-state index contributed by atoms with van der Waals surface area (Å²) < 4.78 is 26.8. The minimum absolute atomic E-state index is 0.0900. The van der Waals surface area contributed by atoms with E-state index in [2.05, 4.69) is 36.5 Å². The van der Waals surface area contributed by atoms with Crippen LogP contribution in [0.15, 0.2) is 53.4 Å². The predicted molar refractivity (Wildman–Crippen MR) is 119 cm³/mol. The Morgan fingerprint density at radius 1 is 1.03 bits per heavy atom. The number of anilines is 1. The minimum atomic E-state index is -3.44. The quantitative estimate of drug-likeness (QED) is 0.674. The summed E-state index contributed by atoms with van der Waals surface area (Å²) in [5, 5.41) is 2.91. The minimum Gasteiger partial charge on any atom is -0.324 e. The van der Waals surface area contributed by atoms with E-state index in [1.54, 1.807) is 24.3 Å². The van der Waals surface area contributed by atoms with Crippen molar-refractivity contribution in [2.45, 2.75) is 50.6 Å². The van der Waals surface area contributed by atoms with Crippen molar-refractivity contribution < 1.29 is 18.1 Å². The third-order valence-electron chi connectivity index (χ3n) is 5.87. The highest BCUT2D eigenvalue weighted by Gasteiger charge is 2.27. The number of rotatable bonds is 8. The van der Waals surface area contributed by atoms with Crippen molar-refractivity contribution in [1.29, 1.82) is 0 Å². The van der Waals surface area contributed by atoms with E-state index >= 15 is 0 Å². The Bertz CT molecular complexity index is 950. The summed E-state index contributed by atoms with van der Waals surface area (Å²) in [4.78, 5) is 14.0. The summed E-state index contributed by atoms with van der Waals surface area (Å²) in [5.74, 6) is -0.0900. The Morgan fingerprint density at radius 3 is 2.17 bits per heavy atom. The second-order valence-corrected chi connectivity index (χ2v) is 9.98. The molecule has 6 nitrogen and oxygen atoms in total. The largest absolute Gasteiger partial charge is 0.324 e. The molecule has 1 fully saturated rings. The van der Waals surface area contributed by atoms with E-state index < -0.39 is 10.0 Å². The van der Waals surface area contributed by atoms with Gasteiger partial charge in [0.2, 0.25) is 10.0 Å². The molecule has 1 aliphatic heterocycles. The monoisotopic (exact) mass is 430 g/mol. The number of likely N-dealkylation sites (N-methyl/N-ethyl adjacent to an activating group) is 1. The van der Waals surface area contributed by atoms with E-state index in [0.29, 0.717) is 18.8 Å². The maximum Gasteiger partial charge on any atom is 0.282 e. The average Bonchev–Trinajstić information content (AvgIpc) is 3.30. The van der Waals surface area contributed by atoms with Crippen molar-refractivity contribution in [1.82, 2.24) is 4.31 Å². The van der Waals surface area contributed by atoms with Crippen LogP contribution in [0.5, 0.6) is 0 Å². The highest BCUT2D eigenvalue weighted by molar-refractivity contribution is 7.89. The van der Waals surface area contributed by atoms with Gasteiger partial charge in [0.05, 0.1) is 11.9 Å². The average molecular weight is 431 g/mol. The van der Waals surface area contributed by atoms with Crippen molar-refractivity contribution in [3.63, 3.8) is 0 Å². The van der Waals surface area contributed by atoms with Crippen LogP contribution in [-0.2, 0) is 27.8 Å². The van der Waals surface area contributed by atoms with Gasteiger partial charge in [0.1, 0.15) is 6.54 Å². The van der Waals surface area contributed by atoms with Crippen LogP contribution >= 0.6 is 0 Å². The highest BCUT2D eigenvalue weighted by atomic mass is 32.2. The van der Waals surface area contributed by atoms with E-state index in [-0.39, 0.29) is 16.8 Å². The fourth-order valence-corrected chi connectivity index (χ4v) is 5.15. The zero-order valence-corrected chi connectivity index (χ0v) is 18.8. The summed E-state index contributed by atoms with van der Waals surface area (Å²) in [6.45, 7) is 5.94. The lowest BCUT2D eigenvalue weighted by Gasteiger charge is -2.21. The van der Waals surface area contributed by atoms with Crippen LogP contribution in [-0.4, -0.2) is 44.8 Å².